The van der Waals surface area contributed by atoms with E-state index in [0.717, 1.165) is 56.4 Å². The van der Waals surface area contributed by atoms with E-state index in [9.17, 15) is 0 Å². The Morgan fingerprint density at radius 1 is 0.611 bits per heavy atom. The fourth-order valence-electron chi connectivity index (χ4n) is 4.69. The summed E-state index contributed by atoms with van der Waals surface area (Å²) in [5.74, 6) is 2.24. The molecule has 1 aliphatic rings. The quantitative estimate of drug-likeness (QED) is 0.266. The number of hydrogen-bond acceptors (Lipinski definition) is 5. The number of anilines is 3. The van der Waals surface area contributed by atoms with Gasteiger partial charge >= 0.3 is 0 Å². The lowest BCUT2D eigenvalue weighted by molar-refractivity contribution is 0.475. The zero-order chi connectivity index (χ0) is 23.9. The minimum atomic E-state index is 0.711. The van der Waals surface area contributed by atoms with Crippen molar-refractivity contribution in [3.05, 3.63) is 122 Å². The maximum Gasteiger partial charge on any atom is 0.181 e. The first-order valence-electron chi connectivity index (χ1n) is 11.8. The summed E-state index contributed by atoms with van der Waals surface area (Å²) in [7, 11) is 0. The predicted molar refractivity (Wildman–Crippen MR) is 143 cm³/mol. The average Bonchev–Trinajstić information content (AvgIpc) is 2.95. The first-order chi connectivity index (χ1) is 17.8. The van der Waals surface area contributed by atoms with Crippen molar-refractivity contribution in [1.29, 1.82) is 0 Å². The Balaban J connectivity index is 1.46. The van der Waals surface area contributed by atoms with E-state index < -0.39 is 0 Å². The number of pyridine rings is 3. The van der Waals surface area contributed by atoms with Gasteiger partial charge in [0.1, 0.15) is 0 Å². The molecule has 0 atom stereocenters. The number of aromatic nitrogens is 3. The molecule has 0 bridgehead atoms. The number of rotatable bonds is 3. The highest BCUT2D eigenvalue weighted by atomic mass is 16.5. The maximum absolute atomic E-state index is 6.37. The Morgan fingerprint density at radius 3 is 2.22 bits per heavy atom. The Bertz CT molecular complexity index is 1720. The first-order valence-corrected chi connectivity index (χ1v) is 11.8. The number of para-hydroxylation sites is 3. The molecule has 0 spiro atoms. The van der Waals surface area contributed by atoms with Gasteiger partial charge in [0.05, 0.1) is 22.6 Å². The molecule has 0 N–H and O–H groups in total. The minimum absolute atomic E-state index is 0.711. The Kier molecular flexibility index (Phi) is 4.71. The second-order valence-electron chi connectivity index (χ2n) is 8.57. The van der Waals surface area contributed by atoms with E-state index >= 15 is 0 Å². The van der Waals surface area contributed by atoms with Gasteiger partial charge in [-0.1, -0.05) is 54.6 Å². The molecule has 1 aliphatic heterocycles. The van der Waals surface area contributed by atoms with Crippen LogP contribution in [-0.4, -0.2) is 15.0 Å². The summed E-state index contributed by atoms with van der Waals surface area (Å²) in [5.41, 5.74) is 6.62. The summed E-state index contributed by atoms with van der Waals surface area (Å²) in [6, 6.07) is 36.5. The zero-order valence-electron chi connectivity index (χ0n) is 19.2. The molecule has 5 heteroatoms. The monoisotopic (exact) mass is 464 g/mol. The highest BCUT2D eigenvalue weighted by Gasteiger charge is 2.28. The van der Waals surface area contributed by atoms with Crippen molar-refractivity contribution < 1.29 is 4.74 Å². The molecule has 170 valence electrons. The Labute approximate surface area is 208 Å². The molecular weight excluding hydrogens is 444 g/mol. The van der Waals surface area contributed by atoms with Crippen LogP contribution in [0.3, 0.4) is 0 Å². The van der Waals surface area contributed by atoms with E-state index in [4.69, 9.17) is 9.72 Å². The summed E-state index contributed by atoms with van der Waals surface area (Å²) in [6.07, 6.45) is 3.62. The van der Waals surface area contributed by atoms with Gasteiger partial charge in [-0.15, -0.1) is 0 Å². The number of fused-ring (bicyclic) bond motifs is 3. The fraction of sp³-hybridized carbons (Fsp3) is 0. The molecule has 36 heavy (non-hydrogen) atoms. The maximum atomic E-state index is 6.37. The smallest absolute Gasteiger partial charge is 0.181 e. The van der Waals surface area contributed by atoms with Crippen LogP contribution in [0, 0.1) is 0 Å². The van der Waals surface area contributed by atoms with Gasteiger partial charge < -0.3 is 4.74 Å². The summed E-state index contributed by atoms with van der Waals surface area (Å²) < 4.78 is 6.37. The predicted octanol–water partition coefficient (Wildman–Crippen LogP) is 7.93. The number of hydrogen-bond donors (Lipinski definition) is 0. The molecule has 0 saturated heterocycles. The lowest BCUT2D eigenvalue weighted by Gasteiger charge is -2.32. The third kappa shape index (κ3) is 3.37. The largest absolute Gasteiger partial charge is 0.451 e. The van der Waals surface area contributed by atoms with Gasteiger partial charge in [0.2, 0.25) is 0 Å². The van der Waals surface area contributed by atoms with Crippen molar-refractivity contribution in [2.45, 2.75) is 0 Å². The van der Waals surface area contributed by atoms with Crippen LogP contribution < -0.4 is 9.64 Å². The van der Waals surface area contributed by atoms with Gasteiger partial charge in [-0.2, -0.15) is 0 Å². The molecule has 0 fully saturated rings. The number of nitrogens with zero attached hydrogens (tertiary/aromatic N) is 4. The third-order valence-electron chi connectivity index (χ3n) is 6.34. The Morgan fingerprint density at radius 2 is 1.39 bits per heavy atom. The van der Waals surface area contributed by atoms with E-state index in [2.05, 4.69) is 63.4 Å². The van der Waals surface area contributed by atoms with Crippen LogP contribution in [0.4, 0.5) is 17.2 Å². The average molecular weight is 465 g/mol. The first kappa shape index (κ1) is 20.4. The van der Waals surface area contributed by atoms with E-state index in [1.165, 1.54) is 0 Å². The van der Waals surface area contributed by atoms with Gasteiger partial charge in [0.15, 0.2) is 17.3 Å². The lowest BCUT2D eigenvalue weighted by Crippen LogP contribution is -2.17. The molecule has 0 unspecified atom stereocenters. The molecular formula is C31H20N4O. The normalized spacial score (nSPS) is 12.1. The van der Waals surface area contributed by atoms with Crippen LogP contribution in [0.15, 0.2) is 122 Å². The van der Waals surface area contributed by atoms with Gasteiger partial charge in [-0.05, 0) is 54.6 Å². The SMILES string of the molecule is c1ccc(-c2cccc(N3c4ccccc4Oc4cc5cccc(-c6ccccn6)c5nc43)c2)nc1. The van der Waals surface area contributed by atoms with Gasteiger partial charge in [-0.3, -0.25) is 14.9 Å². The highest BCUT2D eigenvalue weighted by molar-refractivity contribution is 5.97. The second-order valence-corrected chi connectivity index (χ2v) is 8.57. The van der Waals surface area contributed by atoms with Crippen molar-refractivity contribution in [3.8, 4) is 34.0 Å². The highest BCUT2D eigenvalue weighted by Crippen LogP contribution is 2.50. The van der Waals surface area contributed by atoms with Gasteiger partial charge in [0.25, 0.3) is 0 Å². The van der Waals surface area contributed by atoms with Crippen molar-refractivity contribution >= 4 is 28.1 Å². The third-order valence-corrected chi connectivity index (χ3v) is 6.34. The van der Waals surface area contributed by atoms with Gasteiger partial charge in [-0.25, -0.2) is 4.98 Å². The van der Waals surface area contributed by atoms with Crippen LogP contribution in [-0.2, 0) is 0 Å². The fourth-order valence-corrected chi connectivity index (χ4v) is 4.69. The molecule has 6 aromatic rings. The van der Waals surface area contributed by atoms with E-state index in [-0.39, 0.29) is 0 Å². The van der Waals surface area contributed by atoms with Gasteiger partial charge in [0, 0.05) is 34.6 Å². The van der Waals surface area contributed by atoms with Crippen LogP contribution in [0.2, 0.25) is 0 Å². The molecule has 0 saturated carbocycles. The topological polar surface area (TPSA) is 51.1 Å². The van der Waals surface area contributed by atoms with Crippen molar-refractivity contribution in [2.75, 3.05) is 4.90 Å². The van der Waals surface area contributed by atoms with E-state index in [1.807, 2.05) is 66.9 Å². The molecule has 0 radical (unpaired) electrons. The summed E-state index contributed by atoms with van der Waals surface area (Å²) >= 11 is 0. The number of ether oxygens (including phenoxy) is 1. The molecule has 0 amide bonds. The van der Waals surface area contributed by atoms with Crippen molar-refractivity contribution in [1.82, 2.24) is 15.0 Å². The summed E-state index contributed by atoms with van der Waals surface area (Å²) in [4.78, 5) is 16.5. The zero-order valence-corrected chi connectivity index (χ0v) is 19.2. The second kappa shape index (κ2) is 8.32. The van der Waals surface area contributed by atoms with Crippen LogP contribution in [0.25, 0.3) is 33.4 Å². The molecule has 7 rings (SSSR count). The van der Waals surface area contributed by atoms with E-state index in [1.54, 1.807) is 6.20 Å². The standard InChI is InChI=1S/C31H20N4O/c1-2-16-28-27(15-1)35(23-11-7-9-21(19-23)25-13-3-5-17-32-25)31-29(36-28)20-22-10-8-12-24(30(22)34-31)26-14-4-6-18-33-26/h1-20H. The summed E-state index contributed by atoms with van der Waals surface area (Å²) in [6.45, 7) is 0. The van der Waals surface area contributed by atoms with E-state index in [0.29, 0.717) is 5.75 Å². The number of benzene rings is 3. The Hall–Kier alpha value is -5.03. The summed E-state index contributed by atoms with van der Waals surface area (Å²) in [5, 5.41) is 0.999. The minimum Gasteiger partial charge on any atom is -0.451 e. The molecule has 4 heterocycles. The van der Waals surface area contributed by atoms with Crippen LogP contribution in [0.1, 0.15) is 0 Å². The van der Waals surface area contributed by atoms with Crippen LogP contribution in [0.5, 0.6) is 11.5 Å². The van der Waals surface area contributed by atoms with Crippen molar-refractivity contribution in [2.24, 2.45) is 0 Å². The molecule has 0 aliphatic carbocycles. The van der Waals surface area contributed by atoms with Crippen LogP contribution >= 0.6 is 0 Å². The molecule has 3 aromatic carbocycles. The molecule has 3 aromatic heterocycles. The lowest BCUT2D eigenvalue weighted by atomic mass is 10.0. The molecule has 5 nitrogen and oxygen atoms in total. The van der Waals surface area contributed by atoms with Crippen molar-refractivity contribution in [3.63, 3.8) is 0 Å².